The maximum Gasteiger partial charge on any atom is 0.123 e. The van der Waals surface area contributed by atoms with E-state index in [0.717, 1.165) is 23.8 Å². The lowest BCUT2D eigenvalue weighted by Gasteiger charge is -2.38. The Balaban J connectivity index is 1.88. The molecule has 1 saturated heterocycles. The normalized spacial score (nSPS) is 22.8. The third-order valence-corrected chi connectivity index (χ3v) is 5.78. The third kappa shape index (κ3) is 2.63. The fraction of sp³-hybridized carbons (Fsp3) is 0.625. The zero-order valence-electron chi connectivity index (χ0n) is 11.4. The van der Waals surface area contributed by atoms with Crippen LogP contribution >= 0.6 is 11.8 Å². The highest BCUT2D eigenvalue weighted by Crippen LogP contribution is 2.43. The Hall–Kier alpha value is -0.670. The van der Waals surface area contributed by atoms with Gasteiger partial charge in [0.05, 0.1) is 0 Å². The van der Waals surface area contributed by atoms with Gasteiger partial charge in [-0.15, -0.1) is 0 Å². The monoisotopic (exact) mass is 277 g/mol. The van der Waals surface area contributed by atoms with Crippen molar-refractivity contribution in [1.29, 1.82) is 0 Å². The topological polar surface area (TPSA) is 35.2 Å². The quantitative estimate of drug-likeness (QED) is 0.916. The zero-order valence-corrected chi connectivity index (χ0v) is 12.3. The van der Waals surface area contributed by atoms with Gasteiger partial charge in [0.25, 0.3) is 0 Å². The highest BCUT2D eigenvalue weighted by Gasteiger charge is 2.35. The minimum atomic E-state index is 0.158. The molecule has 2 fully saturated rings. The van der Waals surface area contributed by atoms with Gasteiger partial charge in [-0.05, 0) is 18.9 Å². The van der Waals surface area contributed by atoms with Gasteiger partial charge in [-0.3, -0.25) is 0 Å². The van der Waals surface area contributed by atoms with Crippen LogP contribution in [0.4, 0.5) is 0 Å². The van der Waals surface area contributed by atoms with E-state index in [1.807, 2.05) is 11.8 Å². The maximum atomic E-state index is 6.19. The summed E-state index contributed by atoms with van der Waals surface area (Å²) in [4.78, 5) is 0. The van der Waals surface area contributed by atoms with Crippen LogP contribution in [0.1, 0.15) is 37.7 Å². The highest BCUT2D eigenvalue weighted by molar-refractivity contribution is 8.00. The van der Waals surface area contributed by atoms with Gasteiger partial charge in [0.1, 0.15) is 11.9 Å². The van der Waals surface area contributed by atoms with Crippen LogP contribution in [0.5, 0.6) is 5.75 Å². The fourth-order valence-electron chi connectivity index (χ4n) is 3.28. The molecule has 0 radical (unpaired) electrons. The van der Waals surface area contributed by atoms with E-state index in [1.54, 1.807) is 0 Å². The lowest BCUT2D eigenvalue weighted by atomic mass is 9.69. The second-order valence-corrected chi connectivity index (χ2v) is 6.89. The van der Waals surface area contributed by atoms with Crippen molar-refractivity contribution >= 4 is 11.8 Å². The Morgan fingerprint density at radius 2 is 1.89 bits per heavy atom. The van der Waals surface area contributed by atoms with Gasteiger partial charge in [0, 0.05) is 29.0 Å². The van der Waals surface area contributed by atoms with Gasteiger partial charge in [0.2, 0.25) is 0 Å². The molecule has 1 aromatic carbocycles. The Morgan fingerprint density at radius 3 is 2.53 bits per heavy atom. The van der Waals surface area contributed by atoms with E-state index >= 15 is 0 Å². The van der Waals surface area contributed by atoms with Crippen LogP contribution in [0.15, 0.2) is 24.3 Å². The first-order valence-corrected chi connectivity index (χ1v) is 8.53. The van der Waals surface area contributed by atoms with E-state index < -0.39 is 0 Å². The summed E-state index contributed by atoms with van der Waals surface area (Å²) in [5.74, 6) is 3.34. The third-order valence-electron chi connectivity index (χ3n) is 4.56. The number of thioether (sulfide) groups is 1. The fourth-order valence-corrected chi connectivity index (χ4v) is 3.85. The summed E-state index contributed by atoms with van der Waals surface area (Å²) in [6, 6.07) is 8.57. The van der Waals surface area contributed by atoms with Crippen LogP contribution in [0.3, 0.4) is 0 Å². The molecule has 3 heteroatoms. The lowest BCUT2D eigenvalue weighted by molar-refractivity contribution is 0.223. The largest absolute Gasteiger partial charge is 0.488 e. The van der Waals surface area contributed by atoms with Crippen LogP contribution in [-0.2, 0) is 5.41 Å². The van der Waals surface area contributed by atoms with E-state index in [-0.39, 0.29) is 5.41 Å². The molecule has 0 bridgehead atoms. The average Bonchev–Trinajstić information content (AvgIpc) is 2.44. The molecule has 1 heterocycles. The summed E-state index contributed by atoms with van der Waals surface area (Å²) in [6.45, 7) is 0.743. The van der Waals surface area contributed by atoms with Gasteiger partial charge >= 0.3 is 0 Å². The van der Waals surface area contributed by atoms with Crippen LogP contribution in [0, 0.1) is 0 Å². The van der Waals surface area contributed by atoms with E-state index in [2.05, 4.69) is 24.3 Å². The smallest absolute Gasteiger partial charge is 0.123 e. The molecule has 0 aromatic heterocycles. The molecule has 1 aliphatic heterocycles. The Morgan fingerprint density at radius 1 is 1.16 bits per heavy atom. The van der Waals surface area contributed by atoms with Crippen LogP contribution in [0.2, 0.25) is 0 Å². The van der Waals surface area contributed by atoms with Gasteiger partial charge in [-0.25, -0.2) is 0 Å². The predicted molar refractivity (Wildman–Crippen MR) is 82.0 cm³/mol. The molecule has 1 saturated carbocycles. The summed E-state index contributed by atoms with van der Waals surface area (Å²) in [5, 5.41) is 0. The van der Waals surface area contributed by atoms with Gasteiger partial charge in [-0.1, -0.05) is 37.5 Å². The van der Waals surface area contributed by atoms with Crippen molar-refractivity contribution in [1.82, 2.24) is 0 Å². The van der Waals surface area contributed by atoms with Crippen LogP contribution in [0.25, 0.3) is 0 Å². The number of hydrogen-bond donors (Lipinski definition) is 1. The molecule has 0 unspecified atom stereocenters. The second kappa shape index (κ2) is 5.76. The predicted octanol–water partition coefficient (Wildman–Crippen LogP) is 3.34. The highest BCUT2D eigenvalue weighted by atomic mass is 32.2. The Kier molecular flexibility index (Phi) is 4.04. The average molecular weight is 277 g/mol. The summed E-state index contributed by atoms with van der Waals surface area (Å²) >= 11 is 1.96. The van der Waals surface area contributed by atoms with E-state index in [1.165, 1.54) is 37.7 Å². The molecule has 2 N–H and O–H groups in total. The number of rotatable bonds is 4. The minimum Gasteiger partial charge on any atom is -0.488 e. The van der Waals surface area contributed by atoms with Crippen LogP contribution < -0.4 is 10.5 Å². The van der Waals surface area contributed by atoms with Crippen molar-refractivity contribution in [3.8, 4) is 5.75 Å². The maximum absolute atomic E-state index is 6.19. The lowest BCUT2D eigenvalue weighted by Crippen LogP contribution is -2.38. The molecule has 1 aromatic rings. The molecular formula is C16H23NOS. The van der Waals surface area contributed by atoms with Crippen molar-refractivity contribution in [2.24, 2.45) is 5.73 Å². The summed E-state index contributed by atoms with van der Waals surface area (Å²) in [7, 11) is 0. The van der Waals surface area contributed by atoms with Gasteiger partial charge in [0.15, 0.2) is 0 Å². The van der Waals surface area contributed by atoms with Crippen molar-refractivity contribution in [2.45, 2.75) is 43.6 Å². The van der Waals surface area contributed by atoms with Crippen LogP contribution in [-0.4, -0.2) is 24.2 Å². The number of para-hydroxylation sites is 1. The van der Waals surface area contributed by atoms with Crippen molar-refractivity contribution in [3.05, 3.63) is 29.8 Å². The SMILES string of the molecule is NCC1(c2ccccc2OC2CSC2)CCCCC1. The molecule has 3 rings (SSSR count). The van der Waals surface area contributed by atoms with Crippen molar-refractivity contribution < 1.29 is 4.74 Å². The summed E-state index contributed by atoms with van der Waals surface area (Å²) in [5.41, 5.74) is 7.67. The Bertz CT molecular complexity index is 425. The zero-order chi connectivity index (χ0) is 13.1. The molecule has 2 aliphatic rings. The first-order valence-electron chi connectivity index (χ1n) is 7.38. The Labute approximate surface area is 120 Å². The van der Waals surface area contributed by atoms with E-state index in [4.69, 9.17) is 10.5 Å². The standard InChI is InChI=1S/C16H23NOS/c17-12-16(8-4-1-5-9-16)14-6-2-3-7-15(14)18-13-10-19-11-13/h2-3,6-7,13H,1,4-5,8-12,17H2. The van der Waals surface area contributed by atoms with E-state index in [9.17, 15) is 0 Å². The second-order valence-electron chi connectivity index (χ2n) is 5.82. The molecule has 0 amide bonds. The molecule has 0 spiro atoms. The molecule has 19 heavy (non-hydrogen) atoms. The first-order chi connectivity index (χ1) is 9.34. The molecule has 104 valence electrons. The molecule has 0 atom stereocenters. The minimum absolute atomic E-state index is 0.158. The molecule has 1 aliphatic carbocycles. The first kappa shape index (κ1) is 13.3. The number of hydrogen-bond acceptors (Lipinski definition) is 3. The van der Waals surface area contributed by atoms with Gasteiger partial charge < -0.3 is 10.5 Å². The number of nitrogens with two attached hydrogens (primary N) is 1. The number of ether oxygens (including phenoxy) is 1. The van der Waals surface area contributed by atoms with Gasteiger partial charge in [-0.2, -0.15) is 11.8 Å². The summed E-state index contributed by atoms with van der Waals surface area (Å²) < 4.78 is 6.19. The van der Waals surface area contributed by atoms with Crippen molar-refractivity contribution in [3.63, 3.8) is 0 Å². The number of benzene rings is 1. The van der Waals surface area contributed by atoms with Crippen molar-refractivity contribution in [2.75, 3.05) is 18.1 Å². The summed E-state index contributed by atoms with van der Waals surface area (Å²) in [6.07, 6.45) is 6.77. The molecular weight excluding hydrogens is 254 g/mol. The van der Waals surface area contributed by atoms with E-state index in [0.29, 0.717) is 6.10 Å². The molecule has 2 nitrogen and oxygen atoms in total.